The largest absolute Gasteiger partial charge is 0.497 e. The van der Waals surface area contributed by atoms with Crippen LogP contribution in [0, 0.1) is 0 Å². The van der Waals surface area contributed by atoms with Crippen LogP contribution in [-0.4, -0.2) is 38.3 Å². The second-order valence-corrected chi connectivity index (χ2v) is 8.26. The molecule has 2 amide bonds. The van der Waals surface area contributed by atoms with E-state index >= 15 is 0 Å². The van der Waals surface area contributed by atoms with Gasteiger partial charge in [0.15, 0.2) is 0 Å². The summed E-state index contributed by atoms with van der Waals surface area (Å²) in [7, 11) is 3.13. The number of carbonyl (C=O) groups is 1. The van der Waals surface area contributed by atoms with Gasteiger partial charge in [-0.05, 0) is 47.5 Å². The number of halogens is 1. The molecule has 0 saturated heterocycles. The van der Waals surface area contributed by atoms with Crippen LogP contribution < -0.4 is 19.5 Å². The highest BCUT2D eigenvalue weighted by Crippen LogP contribution is 2.30. The number of ether oxygens (including phenoxy) is 4. The Balaban J connectivity index is 1.40. The molecule has 7 nitrogen and oxygen atoms in total. The maximum absolute atomic E-state index is 13.0. The van der Waals surface area contributed by atoms with Crippen LogP contribution in [0.5, 0.6) is 17.2 Å². The molecule has 0 aromatic heterocycles. The van der Waals surface area contributed by atoms with E-state index in [0.29, 0.717) is 55.1 Å². The monoisotopic (exact) mass is 482 g/mol. The molecule has 1 aliphatic heterocycles. The Bertz CT molecular complexity index is 1140. The van der Waals surface area contributed by atoms with Crippen molar-refractivity contribution in [2.24, 2.45) is 0 Å². The fraction of sp³-hybridized carbons (Fsp3) is 0.269. The van der Waals surface area contributed by atoms with E-state index in [1.807, 2.05) is 42.5 Å². The minimum Gasteiger partial charge on any atom is -0.497 e. The van der Waals surface area contributed by atoms with Gasteiger partial charge in [0.05, 0.1) is 46.2 Å². The van der Waals surface area contributed by atoms with Gasteiger partial charge in [0.1, 0.15) is 23.9 Å². The highest BCUT2D eigenvalue weighted by molar-refractivity contribution is 6.30. The number of hydrogen-bond acceptors (Lipinski definition) is 5. The summed E-state index contributed by atoms with van der Waals surface area (Å²) < 4.78 is 22.4. The van der Waals surface area contributed by atoms with E-state index in [4.69, 9.17) is 30.5 Å². The molecule has 0 spiro atoms. The van der Waals surface area contributed by atoms with Gasteiger partial charge in [0.2, 0.25) is 0 Å². The van der Waals surface area contributed by atoms with Gasteiger partial charge in [0.25, 0.3) is 0 Å². The molecule has 4 rings (SSSR count). The number of urea groups is 1. The van der Waals surface area contributed by atoms with Crippen molar-refractivity contribution >= 4 is 23.3 Å². The number of methoxy groups -OCH3 is 2. The zero-order valence-electron chi connectivity index (χ0n) is 19.2. The second kappa shape index (κ2) is 11.1. The van der Waals surface area contributed by atoms with E-state index in [0.717, 1.165) is 22.4 Å². The van der Waals surface area contributed by atoms with Crippen LogP contribution in [0.2, 0.25) is 5.02 Å². The van der Waals surface area contributed by atoms with Gasteiger partial charge in [0, 0.05) is 16.7 Å². The first-order chi connectivity index (χ1) is 16.6. The molecule has 3 aromatic rings. The van der Waals surface area contributed by atoms with E-state index in [1.54, 1.807) is 37.3 Å². The van der Waals surface area contributed by atoms with E-state index in [1.165, 1.54) is 0 Å². The zero-order valence-corrected chi connectivity index (χ0v) is 19.9. The molecule has 1 N–H and O–H groups in total. The minimum absolute atomic E-state index is 0.232. The fourth-order valence-electron chi connectivity index (χ4n) is 3.67. The SMILES string of the molecule is COc1ccc(NC(=O)N2CCOc3ccc(COCc4ccc(Cl)cc4)cc3C2)c(OC)c1. The van der Waals surface area contributed by atoms with Gasteiger partial charge in [-0.15, -0.1) is 0 Å². The van der Waals surface area contributed by atoms with Gasteiger partial charge in [-0.1, -0.05) is 29.8 Å². The molecule has 1 aliphatic rings. The molecule has 0 radical (unpaired) electrons. The van der Waals surface area contributed by atoms with Crippen LogP contribution >= 0.6 is 11.6 Å². The van der Waals surface area contributed by atoms with Gasteiger partial charge in [-0.2, -0.15) is 0 Å². The average Bonchev–Trinajstić information content (AvgIpc) is 3.07. The third-order valence-corrected chi connectivity index (χ3v) is 5.75. The molecule has 3 aromatic carbocycles. The average molecular weight is 483 g/mol. The van der Waals surface area contributed by atoms with Crippen molar-refractivity contribution in [1.82, 2.24) is 4.90 Å². The number of fused-ring (bicyclic) bond motifs is 1. The molecular formula is C26H27ClN2O5. The number of benzene rings is 3. The Kier molecular flexibility index (Phi) is 7.77. The molecule has 178 valence electrons. The third-order valence-electron chi connectivity index (χ3n) is 5.49. The van der Waals surface area contributed by atoms with E-state index in [9.17, 15) is 4.79 Å². The Morgan fingerprint density at radius 1 is 1.00 bits per heavy atom. The predicted molar refractivity (Wildman–Crippen MR) is 131 cm³/mol. The smallest absolute Gasteiger partial charge is 0.322 e. The Hall–Kier alpha value is -3.42. The Morgan fingerprint density at radius 2 is 1.76 bits per heavy atom. The van der Waals surface area contributed by atoms with Crippen LogP contribution in [0.3, 0.4) is 0 Å². The second-order valence-electron chi connectivity index (χ2n) is 7.83. The molecule has 0 aliphatic carbocycles. The van der Waals surface area contributed by atoms with Crippen molar-refractivity contribution in [3.05, 3.63) is 82.4 Å². The van der Waals surface area contributed by atoms with Crippen LogP contribution in [0.4, 0.5) is 10.5 Å². The van der Waals surface area contributed by atoms with E-state index < -0.39 is 0 Å². The first-order valence-corrected chi connectivity index (χ1v) is 11.3. The number of carbonyl (C=O) groups excluding carboxylic acids is 1. The summed E-state index contributed by atoms with van der Waals surface area (Å²) in [6, 6.07) is 18.6. The summed E-state index contributed by atoms with van der Waals surface area (Å²) >= 11 is 5.93. The van der Waals surface area contributed by atoms with Crippen molar-refractivity contribution in [2.45, 2.75) is 19.8 Å². The fourth-order valence-corrected chi connectivity index (χ4v) is 3.80. The highest BCUT2D eigenvalue weighted by atomic mass is 35.5. The number of rotatable bonds is 7. The number of hydrogen-bond donors (Lipinski definition) is 1. The Labute approximate surface area is 204 Å². The maximum Gasteiger partial charge on any atom is 0.322 e. The van der Waals surface area contributed by atoms with Crippen LogP contribution in [0.25, 0.3) is 0 Å². The zero-order chi connectivity index (χ0) is 23.9. The first kappa shape index (κ1) is 23.7. The van der Waals surface area contributed by atoms with Gasteiger partial charge < -0.3 is 29.2 Å². The van der Waals surface area contributed by atoms with Crippen LogP contribution in [-0.2, 0) is 24.5 Å². The third kappa shape index (κ3) is 5.92. The van der Waals surface area contributed by atoms with Gasteiger partial charge in [-0.25, -0.2) is 4.79 Å². The predicted octanol–water partition coefficient (Wildman–Crippen LogP) is 5.50. The summed E-state index contributed by atoms with van der Waals surface area (Å²) in [5, 5.41) is 3.63. The lowest BCUT2D eigenvalue weighted by Gasteiger charge is -2.21. The lowest BCUT2D eigenvalue weighted by atomic mass is 10.1. The summed E-state index contributed by atoms with van der Waals surface area (Å²) in [5.74, 6) is 1.95. The first-order valence-electron chi connectivity index (χ1n) is 10.9. The quantitative estimate of drug-likeness (QED) is 0.481. The topological polar surface area (TPSA) is 69.3 Å². The Morgan fingerprint density at radius 3 is 2.53 bits per heavy atom. The van der Waals surface area contributed by atoms with Crippen molar-refractivity contribution in [3.63, 3.8) is 0 Å². The van der Waals surface area contributed by atoms with Crippen LogP contribution in [0.15, 0.2) is 60.7 Å². The number of amides is 2. The molecule has 0 bridgehead atoms. The number of anilines is 1. The number of nitrogens with one attached hydrogen (secondary N) is 1. The summed E-state index contributed by atoms with van der Waals surface area (Å²) in [4.78, 5) is 14.7. The normalized spacial score (nSPS) is 12.9. The molecule has 0 saturated carbocycles. The summed E-state index contributed by atoms with van der Waals surface area (Å²) in [6.45, 7) is 2.23. The summed E-state index contributed by atoms with van der Waals surface area (Å²) in [5.41, 5.74) is 3.57. The van der Waals surface area contributed by atoms with Gasteiger partial charge >= 0.3 is 6.03 Å². The molecule has 1 heterocycles. The van der Waals surface area contributed by atoms with Gasteiger partial charge in [-0.3, -0.25) is 0 Å². The molecule has 0 fully saturated rings. The summed E-state index contributed by atoms with van der Waals surface area (Å²) in [6.07, 6.45) is 0. The van der Waals surface area contributed by atoms with Crippen molar-refractivity contribution in [1.29, 1.82) is 0 Å². The highest BCUT2D eigenvalue weighted by Gasteiger charge is 2.21. The van der Waals surface area contributed by atoms with E-state index in [-0.39, 0.29) is 6.03 Å². The van der Waals surface area contributed by atoms with E-state index in [2.05, 4.69) is 5.32 Å². The lowest BCUT2D eigenvalue weighted by Crippen LogP contribution is -2.36. The minimum atomic E-state index is -0.232. The molecule has 0 unspecified atom stereocenters. The molecular weight excluding hydrogens is 456 g/mol. The van der Waals surface area contributed by atoms with Crippen molar-refractivity contribution in [2.75, 3.05) is 32.7 Å². The molecule has 8 heteroatoms. The van der Waals surface area contributed by atoms with Crippen molar-refractivity contribution < 1.29 is 23.7 Å². The van der Waals surface area contributed by atoms with Crippen molar-refractivity contribution in [3.8, 4) is 17.2 Å². The lowest BCUT2D eigenvalue weighted by molar-refractivity contribution is 0.107. The molecule has 34 heavy (non-hydrogen) atoms. The maximum atomic E-state index is 13.0. The van der Waals surface area contributed by atoms with Crippen LogP contribution in [0.1, 0.15) is 16.7 Å². The number of nitrogens with zero attached hydrogens (tertiary/aromatic N) is 1. The molecule has 0 atom stereocenters. The standard InChI is InChI=1S/C26H27ClN2O5/c1-31-22-8-9-23(25(14-22)32-2)28-26(30)29-11-12-34-24-10-5-19(13-20(24)15-29)17-33-16-18-3-6-21(27)7-4-18/h3-10,13-14H,11-12,15-17H2,1-2H3,(H,28,30).